The molecular formula is C16H11Cl2N3O2S. The van der Waals surface area contributed by atoms with E-state index >= 15 is 0 Å². The van der Waals surface area contributed by atoms with Crippen LogP contribution in [0.5, 0.6) is 5.75 Å². The van der Waals surface area contributed by atoms with Gasteiger partial charge in [-0.05, 0) is 30.3 Å². The van der Waals surface area contributed by atoms with Gasteiger partial charge in [-0.25, -0.2) is 9.97 Å². The van der Waals surface area contributed by atoms with E-state index in [2.05, 4.69) is 15.3 Å². The second-order valence-corrected chi connectivity index (χ2v) is 6.36. The van der Waals surface area contributed by atoms with Crippen molar-refractivity contribution in [3.8, 4) is 17.0 Å². The number of carbonyl (C=O) groups is 1. The molecule has 0 aliphatic heterocycles. The summed E-state index contributed by atoms with van der Waals surface area (Å²) in [5.41, 5.74) is 1.96. The van der Waals surface area contributed by atoms with Crippen LogP contribution in [0, 0.1) is 0 Å². The number of nitrogens with zero attached hydrogens (tertiary/aromatic N) is 2. The molecule has 1 N–H and O–H groups in total. The van der Waals surface area contributed by atoms with Crippen LogP contribution in [0.15, 0.2) is 41.9 Å². The summed E-state index contributed by atoms with van der Waals surface area (Å²) >= 11 is 13.2. The third kappa shape index (κ3) is 3.67. The van der Waals surface area contributed by atoms with Crippen LogP contribution < -0.4 is 10.1 Å². The first-order chi connectivity index (χ1) is 11.6. The summed E-state index contributed by atoms with van der Waals surface area (Å²) in [7, 11) is 1.56. The van der Waals surface area contributed by atoms with E-state index in [1.165, 1.54) is 17.5 Å². The Kier molecular flexibility index (Phi) is 4.99. The van der Waals surface area contributed by atoms with Crippen molar-refractivity contribution < 1.29 is 9.53 Å². The van der Waals surface area contributed by atoms with Crippen LogP contribution in [-0.2, 0) is 0 Å². The van der Waals surface area contributed by atoms with Crippen molar-refractivity contribution in [3.05, 3.63) is 57.6 Å². The summed E-state index contributed by atoms with van der Waals surface area (Å²) in [6.07, 6.45) is 1.41. The van der Waals surface area contributed by atoms with Crippen molar-refractivity contribution in [2.75, 3.05) is 12.4 Å². The van der Waals surface area contributed by atoms with Crippen LogP contribution in [0.1, 0.15) is 10.4 Å². The average molecular weight is 380 g/mol. The van der Waals surface area contributed by atoms with Crippen molar-refractivity contribution in [1.82, 2.24) is 9.97 Å². The molecule has 0 bridgehead atoms. The number of aromatic nitrogens is 2. The highest BCUT2D eigenvalue weighted by Crippen LogP contribution is 2.31. The van der Waals surface area contributed by atoms with Crippen molar-refractivity contribution >= 4 is 45.6 Å². The average Bonchev–Trinajstić information content (AvgIpc) is 3.04. The number of anilines is 1. The number of ether oxygens (including phenoxy) is 1. The largest absolute Gasteiger partial charge is 0.495 e. The van der Waals surface area contributed by atoms with Crippen LogP contribution in [0.3, 0.4) is 0 Å². The van der Waals surface area contributed by atoms with Crippen molar-refractivity contribution in [2.45, 2.75) is 0 Å². The first-order valence-corrected chi connectivity index (χ1v) is 8.42. The molecule has 0 saturated heterocycles. The summed E-state index contributed by atoms with van der Waals surface area (Å²) < 4.78 is 5.13. The Balaban J connectivity index is 1.77. The zero-order valence-electron chi connectivity index (χ0n) is 12.4. The summed E-state index contributed by atoms with van der Waals surface area (Å²) in [5, 5.41) is 5.89. The second kappa shape index (κ2) is 7.17. The van der Waals surface area contributed by atoms with Gasteiger partial charge >= 0.3 is 0 Å². The van der Waals surface area contributed by atoms with Gasteiger partial charge < -0.3 is 4.74 Å². The van der Waals surface area contributed by atoms with Gasteiger partial charge in [-0.15, -0.1) is 11.3 Å². The van der Waals surface area contributed by atoms with Crippen molar-refractivity contribution in [2.24, 2.45) is 0 Å². The molecule has 1 amide bonds. The third-order valence-corrected chi connectivity index (χ3v) is 4.44. The number of rotatable bonds is 4. The number of nitrogens with one attached hydrogen (secondary N) is 1. The number of benzene rings is 1. The van der Waals surface area contributed by atoms with Gasteiger partial charge in [-0.1, -0.05) is 23.2 Å². The second-order valence-electron chi connectivity index (χ2n) is 4.71. The number of hydrogen-bond donors (Lipinski definition) is 1. The highest BCUT2D eigenvalue weighted by atomic mass is 35.5. The zero-order valence-corrected chi connectivity index (χ0v) is 14.7. The van der Waals surface area contributed by atoms with E-state index in [0.717, 1.165) is 5.56 Å². The Morgan fingerprint density at radius 2 is 2.08 bits per heavy atom. The van der Waals surface area contributed by atoms with Gasteiger partial charge in [0, 0.05) is 17.1 Å². The molecule has 2 aromatic heterocycles. The number of thiazole rings is 1. The lowest BCUT2D eigenvalue weighted by Gasteiger charge is -2.04. The molecule has 0 saturated carbocycles. The molecular weight excluding hydrogens is 369 g/mol. The Labute approximate surface area is 152 Å². The van der Waals surface area contributed by atoms with Gasteiger partial charge in [0.2, 0.25) is 0 Å². The maximum Gasteiger partial charge on any atom is 0.259 e. The lowest BCUT2D eigenvalue weighted by Crippen LogP contribution is -2.11. The topological polar surface area (TPSA) is 64.1 Å². The molecule has 3 aromatic rings. The van der Waals surface area contributed by atoms with E-state index in [-0.39, 0.29) is 5.91 Å². The van der Waals surface area contributed by atoms with E-state index in [1.54, 1.807) is 31.4 Å². The molecule has 0 radical (unpaired) electrons. The molecule has 3 rings (SSSR count). The molecule has 0 unspecified atom stereocenters. The minimum Gasteiger partial charge on any atom is -0.495 e. The quantitative estimate of drug-likeness (QED) is 0.662. The Hall–Kier alpha value is -2.15. The van der Waals surface area contributed by atoms with Crippen LogP contribution in [0.2, 0.25) is 10.2 Å². The lowest BCUT2D eigenvalue weighted by atomic mass is 10.2. The van der Waals surface area contributed by atoms with Crippen LogP contribution in [0.4, 0.5) is 5.13 Å². The summed E-state index contributed by atoms with van der Waals surface area (Å²) in [6, 6.07) is 8.55. The summed E-state index contributed by atoms with van der Waals surface area (Å²) in [5.74, 6) is 0.298. The van der Waals surface area contributed by atoms with Gasteiger partial charge in [0.1, 0.15) is 10.9 Å². The molecule has 0 aliphatic rings. The standard InChI is InChI=1S/C16H11Cl2N3O2S/c1-23-13-4-2-9(6-11(13)17)12-8-24-16(20-12)21-15(22)10-3-5-14(18)19-7-10/h2-8H,1H3,(H,20,21,22). The molecule has 5 nitrogen and oxygen atoms in total. The third-order valence-electron chi connectivity index (χ3n) is 3.16. The minimum atomic E-state index is -0.298. The van der Waals surface area contributed by atoms with E-state index in [0.29, 0.717) is 32.3 Å². The first-order valence-electron chi connectivity index (χ1n) is 6.79. The maximum absolute atomic E-state index is 12.1. The number of hydrogen-bond acceptors (Lipinski definition) is 5. The first kappa shape index (κ1) is 16.7. The molecule has 0 aliphatic carbocycles. The van der Waals surface area contributed by atoms with Crippen molar-refractivity contribution in [3.63, 3.8) is 0 Å². The molecule has 24 heavy (non-hydrogen) atoms. The number of carbonyl (C=O) groups excluding carboxylic acids is 1. The minimum absolute atomic E-state index is 0.298. The Morgan fingerprint density at radius 1 is 1.25 bits per heavy atom. The van der Waals surface area contributed by atoms with E-state index in [9.17, 15) is 4.79 Å². The zero-order chi connectivity index (χ0) is 17.1. The molecule has 0 spiro atoms. The lowest BCUT2D eigenvalue weighted by molar-refractivity contribution is 0.102. The van der Waals surface area contributed by atoms with Gasteiger partial charge in [0.15, 0.2) is 5.13 Å². The summed E-state index contributed by atoms with van der Waals surface area (Å²) in [4.78, 5) is 20.4. The maximum atomic E-state index is 12.1. The highest BCUT2D eigenvalue weighted by molar-refractivity contribution is 7.14. The van der Waals surface area contributed by atoms with E-state index in [1.807, 2.05) is 11.4 Å². The predicted molar refractivity (Wildman–Crippen MR) is 96.3 cm³/mol. The number of methoxy groups -OCH3 is 1. The molecule has 8 heteroatoms. The SMILES string of the molecule is COc1ccc(-c2csc(NC(=O)c3ccc(Cl)nc3)n2)cc1Cl. The fourth-order valence-corrected chi connectivity index (χ4v) is 3.05. The normalized spacial score (nSPS) is 10.5. The Morgan fingerprint density at radius 3 is 2.75 bits per heavy atom. The smallest absolute Gasteiger partial charge is 0.259 e. The number of pyridine rings is 1. The van der Waals surface area contributed by atoms with Crippen LogP contribution in [-0.4, -0.2) is 23.0 Å². The predicted octanol–water partition coefficient (Wildman–Crippen LogP) is 4.77. The van der Waals surface area contributed by atoms with Gasteiger partial charge in [0.25, 0.3) is 5.91 Å². The summed E-state index contributed by atoms with van der Waals surface area (Å²) in [6.45, 7) is 0. The van der Waals surface area contributed by atoms with Gasteiger partial charge in [-0.2, -0.15) is 0 Å². The fourth-order valence-electron chi connectivity index (χ4n) is 1.97. The van der Waals surface area contributed by atoms with Crippen molar-refractivity contribution in [1.29, 1.82) is 0 Å². The van der Waals surface area contributed by atoms with Crippen LogP contribution >= 0.6 is 34.5 Å². The molecule has 0 fully saturated rings. The number of halogens is 2. The van der Waals surface area contributed by atoms with Crippen LogP contribution in [0.25, 0.3) is 11.3 Å². The molecule has 1 aromatic carbocycles. The Bertz CT molecular complexity index is 881. The monoisotopic (exact) mass is 379 g/mol. The van der Waals surface area contributed by atoms with E-state index < -0.39 is 0 Å². The van der Waals surface area contributed by atoms with Gasteiger partial charge in [-0.3, -0.25) is 10.1 Å². The molecule has 0 atom stereocenters. The highest BCUT2D eigenvalue weighted by Gasteiger charge is 2.11. The number of amides is 1. The molecule has 122 valence electrons. The fraction of sp³-hybridized carbons (Fsp3) is 0.0625. The van der Waals surface area contributed by atoms with Gasteiger partial charge in [0.05, 0.1) is 23.4 Å². The van der Waals surface area contributed by atoms with E-state index in [4.69, 9.17) is 27.9 Å². The molecule has 2 heterocycles.